The monoisotopic (exact) mass is 217 g/mol. The third kappa shape index (κ3) is 2.41. The van der Waals surface area contributed by atoms with Gasteiger partial charge in [0, 0.05) is 13.2 Å². The van der Waals surface area contributed by atoms with E-state index in [-0.39, 0.29) is 5.91 Å². The molecule has 6 nitrogen and oxygen atoms in total. The fourth-order valence-electron chi connectivity index (χ4n) is 1.22. The topological polar surface area (TPSA) is 72.7 Å². The van der Waals surface area contributed by atoms with Gasteiger partial charge >= 0.3 is 0 Å². The standard InChI is InChI=1S/C10H11N5O/c1-15-7-9(13-14-15)10(16)12-6-8-4-2-3-5-11-8/h2-5,7H,6H2,1H3,(H,12,16). The number of hydrogen-bond acceptors (Lipinski definition) is 4. The van der Waals surface area contributed by atoms with Crippen molar-refractivity contribution >= 4 is 5.91 Å². The second-order valence-corrected chi connectivity index (χ2v) is 3.28. The molecule has 0 aromatic carbocycles. The minimum absolute atomic E-state index is 0.251. The predicted octanol–water partition coefficient (Wildman–Crippen LogP) is 0.140. The van der Waals surface area contributed by atoms with Crippen LogP contribution in [0.15, 0.2) is 30.6 Å². The van der Waals surface area contributed by atoms with Crippen molar-refractivity contribution in [1.29, 1.82) is 0 Å². The fraction of sp³-hybridized carbons (Fsp3) is 0.200. The maximum Gasteiger partial charge on any atom is 0.273 e. The van der Waals surface area contributed by atoms with E-state index in [1.165, 1.54) is 4.68 Å². The highest BCUT2D eigenvalue weighted by Gasteiger charge is 2.08. The van der Waals surface area contributed by atoms with E-state index in [9.17, 15) is 4.79 Å². The molecule has 82 valence electrons. The smallest absolute Gasteiger partial charge is 0.273 e. The molecule has 1 amide bonds. The summed E-state index contributed by atoms with van der Waals surface area (Å²) < 4.78 is 1.48. The second kappa shape index (κ2) is 4.52. The lowest BCUT2D eigenvalue weighted by Gasteiger charge is -2.01. The summed E-state index contributed by atoms with van der Waals surface area (Å²) in [6, 6.07) is 5.54. The average molecular weight is 217 g/mol. The Morgan fingerprint density at radius 1 is 1.50 bits per heavy atom. The van der Waals surface area contributed by atoms with Crippen molar-refractivity contribution < 1.29 is 4.79 Å². The Labute approximate surface area is 92.3 Å². The highest BCUT2D eigenvalue weighted by atomic mass is 16.2. The Morgan fingerprint density at radius 3 is 3.00 bits per heavy atom. The number of nitrogens with zero attached hydrogens (tertiary/aromatic N) is 4. The van der Waals surface area contributed by atoms with E-state index in [0.717, 1.165) is 5.69 Å². The number of amides is 1. The van der Waals surface area contributed by atoms with Crippen molar-refractivity contribution in [2.45, 2.75) is 6.54 Å². The first kappa shape index (κ1) is 10.3. The average Bonchev–Trinajstić information content (AvgIpc) is 2.74. The Bertz CT molecular complexity index is 479. The molecular formula is C10H11N5O. The highest BCUT2D eigenvalue weighted by Crippen LogP contribution is 1.95. The van der Waals surface area contributed by atoms with Gasteiger partial charge in [0.2, 0.25) is 0 Å². The van der Waals surface area contributed by atoms with Crippen LogP contribution in [0.25, 0.3) is 0 Å². The quantitative estimate of drug-likeness (QED) is 0.793. The molecule has 6 heteroatoms. The lowest BCUT2D eigenvalue weighted by atomic mass is 10.3. The number of rotatable bonds is 3. The lowest BCUT2D eigenvalue weighted by molar-refractivity contribution is 0.0945. The van der Waals surface area contributed by atoms with E-state index < -0.39 is 0 Å². The molecule has 0 aliphatic rings. The van der Waals surface area contributed by atoms with Gasteiger partial charge in [-0.15, -0.1) is 5.10 Å². The van der Waals surface area contributed by atoms with Gasteiger partial charge in [0.25, 0.3) is 5.91 Å². The SMILES string of the molecule is Cn1cc(C(=O)NCc2ccccn2)nn1. The third-order valence-electron chi connectivity index (χ3n) is 1.99. The van der Waals surface area contributed by atoms with Gasteiger partial charge in [-0.2, -0.15) is 0 Å². The van der Waals surface area contributed by atoms with Crippen LogP contribution in [0.5, 0.6) is 0 Å². The second-order valence-electron chi connectivity index (χ2n) is 3.28. The van der Waals surface area contributed by atoms with Gasteiger partial charge in [-0.05, 0) is 12.1 Å². The molecule has 0 aliphatic heterocycles. The van der Waals surface area contributed by atoms with Crippen LogP contribution in [0.2, 0.25) is 0 Å². The number of carbonyl (C=O) groups is 1. The Balaban J connectivity index is 1.94. The molecule has 1 N–H and O–H groups in total. The maximum absolute atomic E-state index is 11.6. The van der Waals surface area contributed by atoms with Gasteiger partial charge in [-0.3, -0.25) is 14.5 Å². The van der Waals surface area contributed by atoms with Gasteiger partial charge in [0.05, 0.1) is 18.4 Å². The van der Waals surface area contributed by atoms with Crippen LogP contribution >= 0.6 is 0 Å². The van der Waals surface area contributed by atoms with Gasteiger partial charge < -0.3 is 5.32 Å². The number of pyridine rings is 1. The summed E-state index contributed by atoms with van der Waals surface area (Å²) >= 11 is 0. The molecule has 16 heavy (non-hydrogen) atoms. The van der Waals surface area contributed by atoms with Crippen LogP contribution in [0.1, 0.15) is 16.2 Å². The van der Waals surface area contributed by atoms with Crippen LogP contribution in [0.3, 0.4) is 0 Å². The number of aromatic nitrogens is 4. The summed E-state index contributed by atoms with van der Waals surface area (Å²) in [6.45, 7) is 0.385. The maximum atomic E-state index is 11.6. The first-order valence-corrected chi connectivity index (χ1v) is 4.80. The zero-order valence-electron chi connectivity index (χ0n) is 8.79. The molecule has 0 saturated carbocycles. The van der Waals surface area contributed by atoms with Crippen molar-refractivity contribution in [3.8, 4) is 0 Å². The molecule has 2 rings (SSSR count). The zero-order chi connectivity index (χ0) is 11.4. The van der Waals surface area contributed by atoms with Gasteiger partial charge in [-0.25, -0.2) is 0 Å². The summed E-state index contributed by atoms with van der Waals surface area (Å²) in [5.74, 6) is -0.251. The minimum atomic E-state index is -0.251. The summed E-state index contributed by atoms with van der Waals surface area (Å²) in [4.78, 5) is 15.7. The molecule has 0 atom stereocenters. The lowest BCUT2D eigenvalue weighted by Crippen LogP contribution is -2.23. The van der Waals surface area contributed by atoms with E-state index in [0.29, 0.717) is 12.2 Å². The Kier molecular flexibility index (Phi) is 2.90. The molecule has 0 unspecified atom stereocenters. The van der Waals surface area contributed by atoms with Crippen molar-refractivity contribution in [1.82, 2.24) is 25.3 Å². The van der Waals surface area contributed by atoms with Crippen LogP contribution in [0, 0.1) is 0 Å². The first-order chi connectivity index (χ1) is 7.75. The number of aryl methyl sites for hydroxylation is 1. The molecule has 2 aromatic heterocycles. The van der Waals surface area contributed by atoms with Crippen LogP contribution in [-0.4, -0.2) is 25.9 Å². The molecule has 0 spiro atoms. The Hall–Kier alpha value is -2.24. The fourth-order valence-corrected chi connectivity index (χ4v) is 1.22. The van der Waals surface area contributed by atoms with Crippen molar-refractivity contribution in [2.24, 2.45) is 7.05 Å². The van der Waals surface area contributed by atoms with Gasteiger partial charge in [0.15, 0.2) is 5.69 Å². The highest BCUT2D eigenvalue weighted by molar-refractivity contribution is 5.91. The summed E-state index contributed by atoms with van der Waals surface area (Å²) in [5, 5.41) is 10.1. The van der Waals surface area contributed by atoms with E-state index in [1.54, 1.807) is 19.4 Å². The Morgan fingerprint density at radius 2 is 2.38 bits per heavy atom. The van der Waals surface area contributed by atoms with Crippen LogP contribution < -0.4 is 5.32 Å². The summed E-state index contributed by atoms with van der Waals surface area (Å²) in [7, 11) is 1.71. The van der Waals surface area contributed by atoms with Gasteiger partial charge in [0.1, 0.15) is 0 Å². The number of carbonyl (C=O) groups excluding carboxylic acids is 1. The molecular weight excluding hydrogens is 206 g/mol. The molecule has 0 saturated heterocycles. The van der Waals surface area contributed by atoms with E-state index in [1.807, 2.05) is 18.2 Å². The predicted molar refractivity (Wildman–Crippen MR) is 56.4 cm³/mol. The molecule has 2 aromatic rings. The van der Waals surface area contributed by atoms with E-state index in [4.69, 9.17) is 0 Å². The normalized spacial score (nSPS) is 10.1. The van der Waals surface area contributed by atoms with Crippen LogP contribution in [-0.2, 0) is 13.6 Å². The molecule has 0 bridgehead atoms. The summed E-state index contributed by atoms with van der Waals surface area (Å²) in [6.07, 6.45) is 3.25. The largest absolute Gasteiger partial charge is 0.345 e. The minimum Gasteiger partial charge on any atom is -0.345 e. The third-order valence-corrected chi connectivity index (χ3v) is 1.99. The van der Waals surface area contributed by atoms with Gasteiger partial charge in [-0.1, -0.05) is 11.3 Å². The molecule has 2 heterocycles. The number of nitrogens with one attached hydrogen (secondary N) is 1. The van der Waals surface area contributed by atoms with Crippen molar-refractivity contribution in [2.75, 3.05) is 0 Å². The van der Waals surface area contributed by atoms with E-state index in [2.05, 4.69) is 20.6 Å². The van der Waals surface area contributed by atoms with Crippen molar-refractivity contribution in [3.05, 3.63) is 42.0 Å². The molecule has 0 radical (unpaired) electrons. The van der Waals surface area contributed by atoms with Crippen LogP contribution in [0.4, 0.5) is 0 Å². The number of hydrogen-bond donors (Lipinski definition) is 1. The molecule has 0 aliphatic carbocycles. The van der Waals surface area contributed by atoms with Crippen molar-refractivity contribution in [3.63, 3.8) is 0 Å². The first-order valence-electron chi connectivity index (χ1n) is 4.80. The molecule has 0 fully saturated rings. The zero-order valence-corrected chi connectivity index (χ0v) is 8.79. The summed E-state index contributed by atoms with van der Waals surface area (Å²) in [5.41, 5.74) is 1.11. The van der Waals surface area contributed by atoms with E-state index >= 15 is 0 Å².